The zero-order valence-electron chi connectivity index (χ0n) is 28.8. The lowest BCUT2D eigenvalue weighted by atomic mass is 9.99. The molecule has 0 saturated carbocycles. The van der Waals surface area contributed by atoms with E-state index in [2.05, 4.69) is 74.5 Å². The number of hydrogen-bond donors (Lipinski definition) is 0. The molecule has 4 heteroatoms. The minimum atomic E-state index is 0.0144. The van der Waals surface area contributed by atoms with Crippen LogP contribution in [0, 0.1) is 0 Å². The molecule has 0 N–H and O–H groups in total. The van der Waals surface area contributed by atoms with Gasteiger partial charge in [0, 0.05) is 24.2 Å². The predicted molar refractivity (Wildman–Crippen MR) is 205 cm³/mol. The summed E-state index contributed by atoms with van der Waals surface area (Å²) in [5, 5.41) is 4.50. The van der Waals surface area contributed by atoms with Gasteiger partial charge in [0.2, 0.25) is 0 Å². The van der Waals surface area contributed by atoms with Crippen molar-refractivity contribution in [2.24, 2.45) is 0 Å². The summed E-state index contributed by atoms with van der Waals surface area (Å²) in [7, 11) is 0. The molecule has 6 aromatic rings. The van der Waals surface area contributed by atoms with Crippen LogP contribution in [0.4, 0.5) is 0 Å². The van der Waals surface area contributed by atoms with Crippen molar-refractivity contribution >= 4 is 32.6 Å². The van der Waals surface area contributed by atoms with E-state index in [4.69, 9.17) is 0 Å². The Balaban J connectivity index is 1.52. The third kappa shape index (κ3) is 7.49. The molecule has 48 heavy (non-hydrogen) atoms. The van der Waals surface area contributed by atoms with Crippen molar-refractivity contribution in [1.82, 2.24) is 9.13 Å². The van der Waals surface area contributed by atoms with Crippen LogP contribution >= 0.6 is 0 Å². The number of benzene rings is 4. The van der Waals surface area contributed by atoms with Gasteiger partial charge in [0.05, 0.1) is 11.0 Å². The van der Waals surface area contributed by atoms with Crippen molar-refractivity contribution in [3.05, 3.63) is 118 Å². The number of fused-ring (bicyclic) bond motifs is 3. The van der Waals surface area contributed by atoms with E-state index in [0.29, 0.717) is 24.2 Å². The highest BCUT2D eigenvalue weighted by Crippen LogP contribution is 2.29. The number of rotatable bonds is 16. The Morgan fingerprint density at radius 1 is 0.417 bits per heavy atom. The van der Waals surface area contributed by atoms with Crippen LogP contribution in [0.2, 0.25) is 0 Å². The van der Waals surface area contributed by atoms with Gasteiger partial charge in [-0.15, -0.1) is 0 Å². The lowest BCUT2D eigenvalue weighted by Crippen LogP contribution is -2.28. The molecule has 2 aromatic heterocycles. The zero-order valence-corrected chi connectivity index (χ0v) is 28.8. The van der Waals surface area contributed by atoms with Crippen LogP contribution in [-0.4, -0.2) is 9.13 Å². The van der Waals surface area contributed by atoms with Crippen molar-refractivity contribution in [1.29, 1.82) is 0 Å². The monoisotopic (exact) mass is 638 g/mol. The SMILES string of the molecule is CCCCCCCCn1c(=O)c(-c2ccc3ccccc3c2)cc2c1cc(-c1ccc3ccccc3c1)c(=O)n2CCCCCCCC. The number of nitrogens with zero attached hydrogens (tertiary/aromatic N) is 2. The van der Waals surface area contributed by atoms with E-state index in [1.54, 1.807) is 0 Å². The lowest BCUT2D eigenvalue weighted by molar-refractivity contribution is 0.551. The second kappa shape index (κ2) is 16.1. The molecule has 0 saturated heterocycles. The summed E-state index contributed by atoms with van der Waals surface area (Å²) in [6.07, 6.45) is 13.8. The molecule has 0 aliphatic rings. The third-order valence-electron chi connectivity index (χ3n) is 9.95. The maximum atomic E-state index is 14.5. The lowest BCUT2D eigenvalue weighted by Gasteiger charge is -2.19. The normalized spacial score (nSPS) is 11.6. The second-order valence-corrected chi connectivity index (χ2v) is 13.5. The third-order valence-corrected chi connectivity index (χ3v) is 9.95. The van der Waals surface area contributed by atoms with Gasteiger partial charge in [0.15, 0.2) is 0 Å². The van der Waals surface area contributed by atoms with Gasteiger partial charge in [-0.25, -0.2) is 0 Å². The molecule has 248 valence electrons. The van der Waals surface area contributed by atoms with E-state index in [0.717, 1.165) is 69.4 Å². The van der Waals surface area contributed by atoms with E-state index >= 15 is 0 Å². The smallest absolute Gasteiger partial charge is 0.259 e. The molecule has 2 heterocycles. The molecule has 0 atom stereocenters. The molecular weight excluding hydrogens is 588 g/mol. The molecule has 0 amide bonds. The number of aromatic nitrogens is 2. The van der Waals surface area contributed by atoms with E-state index < -0.39 is 0 Å². The van der Waals surface area contributed by atoms with Crippen molar-refractivity contribution in [2.45, 2.75) is 104 Å². The highest BCUT2D eigenvalue weighted by Gasteiger charge is 2.18. The van der Waals surface area contributed by atoms with Gasteiger partial charge in [0.25, 0.3) is 11.1 Å². The molecule has 0 bridgehead atoms. The largest absolute Gasteiger partial charge is 0.306 e. The Hall–Kier alpha value is -4.44. The summed E-state index contributed by atoms with van der Waals surface area (Å²) in [5.74, 6) is 0. The van der Waals surface area contributed by atoms with Gasteiger partial charge in [-0.1, -0.05) is 151 Å². The molecule has 0 unspecified atom stereocenters. The molecule has 4 nitrogen and oxygen atoms in total. The summed E-state index contributed by atoms with van der Waals surface area (Å²) in [4.78, 5) is 29.1. The highest BCUT2D eigenvalue weighted by molar-refractivity contribution is 5.91. The Bertz CT molecular complexity index is 1970. The average Bonchev–Trinajstić information content (AvgIpc) is 3.12. The summed E-state index contributed by atoms with van der Waals surface area (Å²) >= 11 is 0. The first-order valence-corrected chi connectivity index (χ1v) is 18.4. The second-order valence-electron chi connectivity index (χ2n) is 13.5. The zero-order chi connectivity index (χ0) is 33.3. The van der Waals surface area contributed by atoms with Gasteiger partial charge in [-0.3, -0.25) is 9.59 Å². The van der Waals surface area contributed by atoms with Crippen LogP contribution in [0.5, 0.6) is 0 Å². The number of hydrogen-bond acceptors (Lipinski definition) is 2. The molecule has 6 rings (SSSR count). The molecule has 0 spiro atoms. The molecule has 4 aromatic carbocycles. The van der Waals surface area contributed by atoms with E-state index in [1.807, 2.05) is 45.5 Å². The van der Waals surface area contributed by atoms with Crippen LogP contribution in [0.3, 0.4) is 0 Å². The Kier molecular flexibility index (Phi) is 11.2. The minimum Gasteiger partial charge on any atom is -0.306 e. The topological polar surface area (TPSA) is 44.0 Å². The molecule has 0 aliphatic carbocycles. The molecular formula is C44H50N2O2. The number of aryl methyl sites for hydroxylation is 2. The van der Waals surface area contributed by atoms with Gasteiger partial charge in [-0.05, 0) is 69.8 Å². The summed E-state index contributed by atoms with van der Waals surface area (Å²) in [5.41, 5.74) is 4.85. The number of pyridine rings is 2. The molecule has 0 fully saturated rings. The van der Waals surface area contributed by atoms with Gasteiger partial charge < -0.3 is 9.13 Å². The Morgan fingerprint density at radius 3 is 1.21 bits per heavy atom. The summed E-state index contributed by atoms with van der Waals surface area (Å²) in [6, 6.07) is 33.1. The molecule has 0 aliphatic heterocycles. The van der Waals surface area contributed by atoms with Crippen molar-refractivity contribution in [2.75, 3.05) is 0 Å². The fraction of sp³-hybridized carbons (Fsp3) is 0.364. The van der Waals surface area contributed by atoms with Crippen LogP contribution in [0.15, 0.2) is 107 Å². The Labute approximate surface area is 285 Å². The maximum absolute atomic E-state index is 14.5. The van der Waals surface area contributed by atoms with E-state index in [9.17, 15) is 9.59 Å². The van der Waals surface area contributed by atoms with Crippen LogP contribution in [0.1, 0.15) is 90.9 Å². The van der Waals surface area contributed by atoms with Crippen molar-refractivity contribution < 1.29 is 0 Å². The highest BCUT2D eigenvalue weighted by atomic mass is 16.1. The first kappa shape index (κ1) is 33.5. The number of unbranched alkanes of at least 4 members (excludes halogenated alkanes) is 10. The van der Waals surface area contributed by atoms with Gasteiger partial charge in [0.1, 0.15) is 0 Å². The van der Waals surface area contributed by atoms with Crippen molar-refractivity contribution in [3.8, 4) is 22.3 Å². The van der Waals surface area contributed by atoms with Gasteiger partial charge >= 0.3 is 0 Å². The predicted octanol–water partition coefficient (Wildman–Crippen LogP) is 11.5. The van der Waals surface area contributed by atoms with Crippen LogP contribution in [-0.2, 0) is 13.1 Å². The van der Waals surface area contributed by atoms with Crippen LogP contribution < -0.4 is 11.1 Å². The maximum Gasteiger partial charge on any atom is 0.259 e. The van der Waals surface area contributed by atoms with Crippen molar-refractivity contribution in [3.63, 3.8) is 0 Å². The Morgan fingerprint density at radius 2 is 0.792 bits per heavy atom. The summed E-state index contributed by atoms with van der Waals surface area (Å²) < 4.78 is 3.95. The fourth-order valence-electron chi connectivity index (χ4n) is 7.16. The van der Waals surface area contributed by atoms with Crippen LogP contribution in [0.25, 0.3) is 54.8 Å². The standard InChI is InChI=1S/C44H50N2O2/c1-3-5-7-9-11-17-27-45-41-31-40(38-26-24-34-20-14-16-22-36(34)30-38)44(48)46(28-18-12-10-8-6-4-2)42(41)32-39(43(45)47)37-25-23-33-19-13-15-21-35(33)29-37/h13-16,19-26,29-32H,3-12,17-18,27-28H2,1-2H3. The summed E-state index contributed by atoms with van der Waals surface area (Å²) in [6.45, 7) is 5.74. The molecule has 0 radical (unpaired) electrons. The van der Waals surface area contributed by atoms with E-state index in [1.165, 1.54) is 51.4 Å². The first-order chi connectivity index (χ1) is 23.6. The average molecular weight is 639 g/mol. The first-order valence-electron chi connectivity index (χ1n) is 18.4. The quantitative estimate of drug-likeness (QED) is 0.0990. The fourth-order valence-corrected chi connectivity index (χ4v) is 7.16. The van der Waals surface area contributed by atoms with Gasteiger partial charge in [-0.2, -0.15) is 0 Å². The van der Waals surface area contributed by atoms with E-state index in [-0.39, 0.29) is 11.1 Å². The minimum absolute atomic E-state index is 0.0144.